The first-order valence-electron chi connectivity index (χ1n) is 3.19. The summed E-state index contributed by atoms with van der Waals surface area (Å²) >= 11 is 0. The van der Waals surface area contributed by atoms with Gasteiger partial charge in [-0.15, -0.1) is 0 Å². The maximum absolute atomic E-state index is 2.34. The topological polar surface area (TPSA) is 0 Å². The van der Waals surface area contributed by atoms with Crippen LogP contribution >= 0.6 is 0 Å². The summed E-state index contributed by atoms with van der Waals surface area (Å²) in [5.74, 6) is 0. The predicted octanol–water partition coefficient (Wildman–Crippen LogP) is -0.945. The van der Waals surface area contributed by atoms with Gasteiger partial charge in [-0.1, -0.05) is 0 Å². The predicted molar refractivity (Wildman–Crippen MR) is 43.6 cm³/mol. The first kappa shape index (κ1) is 12.7. The van der Waals surface area contributed by atoms with E-state index in [1.807, 2.05) is 0 Å². The molecule has 0 aromatic rings. The molecule has 0 saturated heterocycles. The van der Waals surface area contributed by atoms with Gasteiger partial charge in [0.25, 0.3) is 0 Å². The van der Waals surface area contributed by atoms with E-state index in [2.05, 4.69) is 34.0 Å². The Morgan fingerprint density at radius 1 is 0.889 bits per heavy atom. The minimum atomic E-state index is 0. The summed E-state index contributed by atoms with van der Waals surface area (Å²) in [4.78, 5) is 0. The summed E-state index contributed by atoms with van der Waals surface area (Å²) in [6.07, 6.45) is 2.34. The van der Waals surface area contributed by atoms with Crippen molar-refractivity contribution in [1.29, 1.82) is 0 Å². The molecule has 0 spiro atoms. The Labute approximate surface area is 79.2 Å². The lowest BCUT2D eigenvalue weighted by Crippen LogP contribution is -3.00. The van der Waals surface area contributed by atoms with E-state index in [4.69, 9.17) is 0 Å². The standard InChI is InChI=1S/C7H17S.HI/c1-6(2)8(5)7(3)4;/h6-7H,1-5H3;1H/q+1;/p-1. The fourth-order valence-electron chi connectivity index (χ4n) is 0.544. The summed E-state index contributed by atoms with van der Waals surface area (Å²) in [5.41, 5.74) is 0. The van der Waals surface area contributed by atoms with Crippen LogP contribution in [0.15, 0.2) is 0 Å². The molecule has 58 valence electrons. The van der Waals surface area contributed by atoms with Crippen LogP contribution in [0.25, 0.3) is 0 Å². The highest BCUT2D eigenvalue weighted by molar-refractivity contribution is 7.97. The Kier molecular flexibility index (Phi) is 8.25. The van der Waals surface area contributed by atoms with Gasteiger partial charge in [-0.25, -0.2) is 0 Å². The molecule has 0 aliphatic carbocycles. The zero-order valence-electron chi connectivity index (χ0n) is 6.94. The van der Waals surface area contributed by atoms with Gasteiger partial charge >= 0.3 is 0 Å². The van der Waals surface area contributed by atoms with Gasteiger partial charge in [-0.3, -0.25) is 0 Å². The summed E-state index contributed by atoms with van der Waals surface area (Å²) < 4.78 is 0. The Hall–Kier alpha value is 1.08. The van der Waals surface area contributed by atoms with Gasteiger partial charge in [0.15, 0.2) is 0 Å². The number of hydrogen-bond acceptors (Lipinski definition) is 0. The van der Waals surface area contributed by atoms with Gasteiger partial charge in [0.05, 0.1) is 6.26 Å². The maximum atomic E-state index is 2.34. The van der Waals surface area contributed by atoms with Crippen molar-refractivity contribution in [3.63, 3.8) is 0 Å². The largest absolute Gasteiger partial charge is 1.00 e. The van der Waals surface area contributed by atoms with Crippen LogP contribution in [0, 0.1) is 0 Å². The van der Waals surface area contributed by atoms with Gasteiger partial charge in [0, 0.05) is 0 Å². The van der Waals surface area contributed by atoms with Gasteiger partial charge in [0.1, 0.15) is 10.5 Å². The van der Waals surface area contributed by atoms with E-state index < -0.39 is 0 Å². The summed E-state index contributed by atoms with van der Waals surface area (Å²) in [6, 6.07) is 0. The maximum Gasteiger partial charge on any atom is 0.112 e. The van der Waals surface area contributed by atoms with Crippen molar-refractivity contribution in [3.05, 3.63) is 0 Å². The molecule has 0 amide bonds. The third-order valence-electron chi connectivity index (χ3n) is 1.49. The van der Waals surface area contributed by atoms with Crippen LogP contribution < -0.4 is 24.0 Å². The van der Waals surface area contributed by atoms with Gasteiger partial charge in [-0.2, -0.15) is 0 Å². The fraction of sp³-hybridized carbons (Fsp3) is 1.00. The van der Waals surface area contributed by atoms with Crippen LogP contribution in [0.4, 0.5) is 0 Å². The molecule has 0 radical (unpaired) electrons. The molecule has 9 heavy (non-hydrogen) atoms. The Bertz CT molecular complexity index is 53.9. The minimum absolute atomic E-state index is 0. The van der Waals surface area contributed by atoms with Crippen molar-refractivity contribution < 1.29 is 24.0 Å². The SMILES string of the molecule is CC(C)[S+](C)C(C)C.[I-]. The Balaban J connectivity index is 0. The van der Waals surface area contributed by atoms with E-state index >= 15 is 0 Å². The van der Waals surface area contributed by atoms with Crippen LogP contribution in [-0.4, -0.2) is 16.8 Å². The lowest BCUT2D eigenvalue weighted by atomic mass is 10.5. The molecule has 0 unspecified atom stereocenters. The average molecular weight is 260 g/mol. The fourth-order valence-corrected chi connectivity index (χ4v) is 1.63. The molecule has 0 aliphatic rings. The second kappa shape index (κ2) is 5.83. The third kappa shape index (κ3) is 5.52. The number of halogens is 1. The van der Waals surface area contributed by atoms with Gasteiger partial charge in [-0.05, 0) is 38.6 Å². The molecule has 0 atom stereocenters. The number of hydrogen-bond donors (Lipinski definition) is 0. The van der Waals surface area contributed by atoms with Crippen molar-refractivity contribution in [2.45, 2.75) is 38.2 Å². The normalized spacial score (nSPS) is 10.7. The zero-order valence-corrected chi connectivity index (χ0v) is 9.91. The van der Waals surface area contributed by atoms with Crippen molar-refractivity contribution in [2.24, 2.45) is 0 Å². The van der Waals surface area contributed by atoms with E-state index in [1.54, 1.807) is 0 Å². The van der Waals surface area contributed by atoms with Crippen molar-refractivity contribution >= 4 is 10.9 Å². The lowest BCUT2D eigenvalue weighted by Gasteiger charge is -2.09. The van der Waals surface area contributed by atoms with Crippen LogP contribution in [0.3, 0.4) is 0 Å². The van der Waals surface area contributed by atoms with E-state index in [0.29, 0.717) is 10.9 Å². The third-order valence-corrected chi connectivity index (χ3v) is 4.46. The molecule has 0 fully saturated rings. The Morgan fingerprint density at radius 2 is 1.11 bits per heavy atom. The molecule has 0 N–H and O–H groups in total. The molecular weight excluding hydrogens is 243 g/mol. The quantitative estimate of drug-likeness (QED) is 0.444. The molecule has 0 rings (SSSR count). The summed E-state index contributed by atoms with van der Waals surface area (Å²) in [7, 11) is 0.627. The van der Waals surface area contributed by atoms with E-state index in [1.165, 1.54) is 0 Å². The van der Waals surface area contributed by atoms with E-state index in [0.717, 1.165) is 10.5 Å². The van der Waals surface area contributed by atoms with Crippen LogP contribution in [0.5, 0.6) is 0 Å². The van der Waals surface area contributed by atoms with Crippen molar-refractivity contribution in [1.82, 2.24) is 0 Å². The smallest absolute Gasteiger partial charge is 0.112 e. The first-order chi connectivity index (χ1) is 3.55. The van der Waals surface area contributed by atoms with Crippen LogP contribution in [-0.2, 0) is 10.9 Å². The molecule has 0 nitrogen and oxygen atoms in total. The van der Waals surface area contributed by atoms with E-state index in [-0.39, 0.29) is 24.0 Å². The molecule has 2 heteroatoms. The molecule has 0 heterocycles. The lowest BCUT2D eigenvalue weighted by molar-refractivity contribution is -0.00000203. The van der Waals surface area contributed by atoms with E-state index in [9.17, 15) is 0 Å². The van der Waals surface area contributed by atoms with Crippen LogP contribution in [0.1, 0.15) is 27.7 Å². The monoisotopic (exact) mass is 260 g/mol. The summed E-state index contributed by atoms with van der Waals surface area (Å²) in [6.45, 7) is 9.18. The molecule has 0 aromatic heterocycles. The summed E-state index contributed by atoms with van der Waals surface area (Å²) in [5, 5.41) is 1.74. The highest BCUT2D eigenvalue weighted by atomic mass is 127. The minimum Gasteiger partial charge on any atom is -1.00 e. The molecule has 0 saturated carbocycles. The van der Waals surface area contributed by atoms with Crippen molar-refractivity contribution in [2.75, 3.05) is 6.26 Å². The highest BCUT2D eigenvalue weighted by Gasteiger charge is 2.19. The first-order valence-corrected chi connectivity index (χ1v) is 4.95. The second-order valence-corrected chi connectivity index (χ2v) is 5.81. The second-order valence-electron chi connectivity index (χ2n) is 2.70. The molecular formula is C7H17IS. The van der Waals surface area contributed by atoms with Gasteiger partial charge in [0.2, 0.25) is 0 Å². The highest BCUT2D eigenvalue weighted by Crippen LogP contribution is 2.07. The molecule has 0 bridgehead atoms. The Morgan fingerprint density at radius 3 is 1.11 bits per heavy atom. The average Bonchev–Trinajstić information content (AvgIpc) is 1.64. The van der Waals surface area contributed by atoms with Crippen molar-refractivity contribution in [3.8, 4) is 0 Å². The van der Waals surface area contributed by atoms with Crippen LogP contribution in [0.2, 0.25) is 0 Å². The zero-order chi connectivity index (χ0) is 6.73. The molecule has 0 aromatic carbocycles. The van der Waals surface area contributed by atoms with Gasteiger partial charge < -0.3 is 24.0 Å². The molecule has 0 aliphatic heterocycles. The number of rotatable bonds is 2.